The Morgan fingerprint density at radius 3 is 2.12 bits per heavy atom. The maximum Gasteiger partial charge on any atom is 0.0762 e. The molecule has 0 saturated heterocycles. The molecule has 4 fully saturated rings. The first-order chi connectivity index (χ1) is 14.6. The molecule has 182 valence electrons. The fraction of sp³-hybridized carbons (Fsp3) is 0.933. The summed E-state index contributed by atoms with van der Waals surface area (Å²) in [6.07, 6.45) is 12.7. The molecule has 9 atom stereocenters. The van der Waals surface area contributed by atoms with Crippen molar-refractivity contribution in [2.75, 3.05) is 0 Å². The third-order valence-corrected chi connectivity index (χ3v) is 13.0. The Morgan fingerprint density at radius 2 is 1.44 bits per heavy atom. The van der Waals surface area contributed by atoms with Crippen LogP contribution in [-0.2, 0) is 0 Å². The zero-order chi connectivity index (χ0) is 23.5. The first-order valence-corrected chi connectivity index (χ1v) is 13.7. The molecule has 0 aromatic rings. The van der Waals surface area contributed by atoms with Gasteiger partial charge in [-0.3, -0.25) is 0 Å². The fourth-order valence-corrected chi connectivity index (χ4v) is 10.6. The van der Waals surface area contributed by atoms with Crippen molar-refractivity contribution in [2.24, 2.45) is 50.2 Å². The molecular formula is C30H50O2. The lowest BCUT2D eigenvalue weighted by Crippen LogP contribution is -2.67. The van der Waals surface area contributed by atoms with E-state index < -0.39 is 0 Å². The first-order valence-electron chi connectivity index (χ1n) is 13.7. The molecule has 5 aliphatic rings. The first kappa shape index (κ1) is 23.4. The lowest BCUT2D eigenvalue weighted by atomic mass is 9.33. The van der Waals surface area contributed by atoms with Crippen molar-refractivity contribution in [1.82, 2.24) is 0 Å². The predicted molar refractivity (Wildman–Crippen MR) is 132 cm³/mol. The van der Waals surface area contributed by atoms with E-state index in [9.17, 15) is 10.2 Å². The highest BCUT2D eigenvalue weighted by Crippen LogP contribution is 2.75. The van der Waals surface area contributed by atoms with E-state index >= 15 is 0 Å². The smallest absolute Gasteiger partial charge is 0.0762 e. The maximum absolute atomic E-state index is 11.9. The molecule has 2 N–H and O–H groups in total. The lowest BCUT2D eigenvalue weighted by molar-refractivity contribution is -0.224. The van der Waals surface area contributed by atoms with Gasteiger partial charge in [0.25, 0.3) is 0 Å². The zero-order valence-corrected chi connectivity index (χ0v) is 22.2. The van der Waals surface area contributed by atoms with Crippen LogP contribution in [0.1, 0.15) is 113 Å². The summed E-state index contributed by atoms with van der Waals surface area (Å²) in [5.74, 6) is 1.38. The summed E-state index contributed by atoms with van der Waals surface area (Å²) in [6, 6.07) is 0. The summed E-state index contributed by atoms with van der Waals surface area (Å²) in [5, 5.41) is 22.8. The molecule has 4 saturated carbocycles. The van der Waals surface area contributed by atoms with Crippen molar-refractivity contribution in [2.45, 2.75) is 125 Å². The monoisotopic (exact) mass is 442 g/mol. The molecular weight excluding hydrogens is 392 g/mol. The number of aliphatic hydroxyl groups excluding tert-OH is 2. The molecule has 0 heterocycles. The van der Waals surface area contributed by atoms with Crippen molar-refractivity contribution in [3.8, 4) is 0 Å². The predicted octanol–water partition coefficient (Wildman–Crippen LogP) is 7.14. The number of rotatable bonds is 0. The number of fused-ring (bicyclic) bond motifs is 7. The number of hydrogen-bond donors (Lipinski definition) is 2. The highest BCUT2D eigenvalue weighted by Gasteiger charge is 2.69. The quantitative estimate of drug-likeness (QED) is 0.391. The fourth-order valence-electron chi connectivity index (χ4n) is 10.6. The van der Waals surface area contributed by atoms with Gasteiger partial charge in [-0.25, -0.2) is 0 Å². The average molecular weight is 443 g/mol. The Kier molecular flexibility index (Phi) is 4.87. The van der Waals surface area contributed by atoms with Crippen LogP contribution >= 0.6 is 0 Å². The Hall–Kier alpha value is -0.340. The van der Waals surface area contributed by atoms with Crippen molar-refractivity contribution in [3.63, 3.8) is 0 Å². The maximum atomic E-state index is 11.9. The number of aliphatic hydroxyl groups is 2. The molecule has 0 amide bonds. The van der Waals surface area contributed by atoms with E-state index in [2.05, 4.69) is 61.5 Å². The Balaban J connectivity index is 1.62. The van der Waals surface area contributed by atoms with Crippen LogP contribution < -0.4 is 0 Å². The third-order valence-electron chi connectivity index (χ3n) is 13.0. The Labute approximate surface area is 197 Å². The van der Waals surface area contributed by atoms with Crippen LogP contribution in [-0.4, -0.2) is 22.4 Å². The lowest BCUT2D eigenvalue weighted by Gasteiger charge is -2.72. The van der Waals surface area contributed by atoms with Crippen molar-refractivity contribution < 1.29 is 10.2 Å². The van der Waals surface area contributed by atoms with Gasteiger partial charge in [-0.15, -0.1) is 0 Å². The van der Waals surface area contributed by atoms with Crippen LogP contribution in [0.3, 0.4) is 0 Å². The molecule has 2 heteroatoms. The van der Waals surface area contributed by atoms with Gasteiger partial charge in [-0.1, -0.05) is 67.0 Å². The summed E-state index contributed by atoms with van der Waals surface area (Å²) in [5.41, 5.74) is 2.76. The summed E-state index contributed by atoms with van der Waals surface area (Å²) in [6.45, 7) is 19.7. The van der Waals surface area contributed by atoms with E-state index in [0.717, 1.165) is 12.8 Å². The minimum Gasteiger partial charge on any atom is -0.393 e. The van der Waals surface area contributed by atoms with Gasteiger partial charge in [0, 0.05) is 5.92 Å². The molecule has 0 spiro atoms. The van der Waals surface area contributed by atoms with Gasteiger partial charge in [0.2, 0.25) is 0 Å². The van der Waals surface area contributed by atoms with Crippen LogP contribution in [0.25, 0.3) is 0 Å². The molecule has 2 nitrogen and oxygen atoms in total. The van der Waals surface area contributed by atoms with Gasteiger partial charge in [-0.05, 0) is 102 Å². The molecule has 0 aromatic carbocycles. The molecule has 5 aliphatic carbocycles. The standard InChI is InChI=1S/C30H50O2/c1-25(2)13-14-27(5)15-16-29(7)19(20(27)18-25)17-21(31)24-28(6)11-10-23(32)26(3,4)22(28)9-12-30(24,29)8/h17,20-24,31-32H,9-16,18H2,1-8H3/t20-,21-,22+,23-,24-,27+,28-,29+,30+/m0/s1. The molecule has 0 aliphatic heterocycles. The largest absolute Gasteiger partial charge is 0.393 e. The minimum atomic E-state index is -0.352. The summed E-state index contributed by atoms with van der Waals surface area (Å²) in [4.78, 5) is 0. The van der Waals surface area contributed by atoms with Gasteiger partial charge in [0.1, 0.15) is 0 Å². The van der Waals surface area contributed by atoms with E-state index in [4.69, 9.17) is 0 Å². The van der Waals surface area contributed by atoms with Gasteiger partial charge in [0.15, 0.2) is 0 Å². The van der Waals surface area contributed by atoms with Crippen LogP contribution in [0.4, 0.5) is 0 Å². The van der Waals surface area contributed by atoms with Crippen LogP contribution in [0.5, 0.6) is 0 Å². The van der Waals surface area contributed by atoms with E-state index in [0.29, 0.717) is 22.7 Å². The second kappa shape index (κ2) is 6.66. The second-order valence-electron chi connectivity index (χ2n) is 15.4. The normalized spacial score (nSPS) is 56.2. The molecule has 32 heavy (non-hydrogen) atoms. The molecule has 0 radical (unpaired) electrons. The Bertz CT molecular complexity index is 825. The highest BCUT2D eigenvalue weighted by molar-refractivity contribution is 5.35. The zero-order valence-electron chi connectivity index (χ0n) is 22.2. The van der Waals surface area contributed by atoms with Crippen molar-refractivity contribution in [3.05, 3.63) is 11.6 Å². The SMILES string of the molecule is CC1(C)CC[C@]2(C)CC[C@]3(C)C(=C[C@H](O)[C@H]4[C@@]5(C)CC[C@H](O)C(C)(C)[C@H]5CC[C@]43C)[C@@H]2C1. The summed E-state index contributed by atoms with van der Waals surface area (Å²) >= 11 is 0. The van der Waals surface area contributed by atoms with Gasteiger partial charge in [-0.2, -0.15) is 0 Å². The van der Waals surface area contributed by atoms with E-state index in [-0.39, 0.29) is 39.8 Å². The van der Waals surface area contributed by atoms with Gasteiger partial charge >= 0.3 is 0 Å². The summed E-state index contributed by atoms with van der Waals surface area (Å²) in [7, 11) is 0. The topological polar surface area (TPSA) is 40.5 Å². The van der Waals surface area contributed by atoms with Gasteiger partial charge in [0.05, 0.1) is 12.2 Å². The number of hydrogen-bond acceptors (Lipinski definition) is 2. The second-order valence-corrected chi connectivity index (χ2v) is 15.4. The molecule has 0 aromatic heterocycles. The van der Waals surface area contributed by atoms with E-state index in [1.807, 2.05) is 0 Å². The van der Waals surface area contributed by atoms with Gasteiger partial charge < -0.3 is 10.2 Å². The third kappa shape index (κ3) is 2.78. The minimum absolute atomic E-state index is 0.0719. The van der Waals surface area contributed by atoms with E-state index in [1.54, 1.807) is 5.57 Å². The summed E-state index contributed by atoms with van der Waals surface area (Å²) < 4.78 is 0. The van der Waals surface area contributed by atoms with Crippen LogP contribution in [0, 0.1) is 50.2 Å². The van der Waals surface area contributed by atoms with Crippen LogP contribution in [0.15, 0.2) is 11.6 Å². The molecule has 5 rings (SSSR count). The van der Waals surface area contributed by atoms with E-state index in [1.165, 1.54) is 44.9 Å². The van der Waals surface area contributed by atoms with Crippen LogP contribution in [0.2, 0.25) is 0 Å². The highest BCUT2D eigenvalue weighted by atomic mass is 16.3. The average Bonchev–Trinajstić information content (AvgIpc) is 2.68. The molecule has 0 unspecified atom stereocenters. The molecule has 0 bridgehead atoms. The number of allylic oxidation sites excluding steroid dienone is 1. The Morgan fingerprint density at radius 1 is 0.781 bits per heavy atom. The van der Waals surface area contributed by atoms with Crippen molar-refractivity contribution >= 4 is 0 Å². The van der Waals surface area contributed by atoms with Crippen molar-refractivity contribution in [1.29, 1.82) is 0 Å².